The van der Waals surface area contributed by atoms with Gasteiger partial charge < -0.3 is 14.3 Å². The zero-order valence-electron chi connectivity index (χ0n) is 21.7. The maximum Gasteiger partial charge on any atom is 0.200 e. The molecule has 0 fully saturated rings. The van der Waals surface area contributed by atoms with Crippen molar-refractivity contribution < 1.29 is 13.9 Å². The van der Waals surface area contributed by atoms with Gasteiger partial charge in [0.25, 0.3) is 0 Å². The van der Waals surface area contributed by atoms with Crippen molar-refractivity contribution in [1.29, 1.82) is 0 Å². The van der Waals surface area contributed by atoms with E-state index in [2.05, 4.69) is 0 Å². The van der Waals surface area contributed by atoms with Crippen LogP contribution in [0.3, 0.4) is 0 Å². The van der Waals surface area contributed by atoms with E-state index in [4.69, 9.17) is 0 Å². The number of aromatic nitrogens is 1. The standard InChI is InChI=1S/C33H31NO3P2/c35-34-30(26-38(36,32-20-9-3-10-21-32)24-28-14-5-1-6-15-28)18-13-19-31(34)27-39(37,33-22-11-4-12-23-33)25-29-16-7-2-8-17-29/h1-23H,24-27H2/t38-,39+. The van der Waals surface area contributed by atoms with E-state index in [1.807, 2.05) is 127 Å². The predicted octanol–water partition coefficient (Wildman–Crippen LogP) is 7.10. The van der Waals surface area contributed by atoms with Crippen molar-refractivity contribution in [3.8, 4) is 0 Å². The van der Waals surface area contributed by atoms with Gasteiger partial charge in [0.1, 0.15) is 14.3 Å². The molecule has 5 rings (SSSR count). The second-order valence-corrected chi connectivity index (χ2v) is 15.7. The van der Waals surface area contributed by atoms with Crippen LogP contribution in [0.5, 0.6) is 0 Å². The Bertz CT molecular complexity index is 1490. The Kier molecular flexibility index (Phi) is 8.27. The smallest absolute Gasteiger partial charge is 0.200 e. The van der Waals surface area contributed by atoms with Crippen molar-refractivity contribution in [3.05, 3.63) is 167 Å². The lowest BCUT2D eigenvalue weighted by atomic mass is 10.2. The van der Waals surface area contributed by atoms with Crippen LogP contribution in [0.25, 0.3) is 0 Å². The highest BCUT2D eigenvalue weighted by Crippen LogP contribution is 2.52. The average molecular weight is 552 g/mol. The molecule has 0 amide bonds. The van der Waals surface area contributed by atoms with Crippen LogP contribution in [0, 0.1) is 5.21 Å². The van der Waals surface area contributed by atoms with Gasteiger partial charge in [-0.15, -0.1) is 0 Å². The molecule has 0 bridgehead atoms. The van der Waals surface area contributed by atoms with Gasteiger partial charge in [0.05, 0.1) is 12.3 Å². The quantitative estimate of drug-likeness (QED) is 0.106. The highest BCUT2D eigenvalue weighted by atomic mass is 31.2. The number of nitrogens with zero attached hydrogens (tertiary/aromatic N) is 1. The number of benzene rings is 4. The molecule has 0 spiro atoms. The predicted molar refractivity (Wildman–Crippen MR) is 160 cm³/mol. The summed E-state index contributed by atoms with van der Waals surface area (Å²) in [5.74, 6) is 0. The number of pyridine rings is 1. The van der Waals surface area contributed by atoms with E-state index >= 15 is 0 Å². The molecule has 0 radical (unpaired) electrons. The Morgan fingerprint density at radius 1 is 0.436 bits per heavy atom. The van der Waals surface area contributed by atoms with Gasteiger partial charge in [-0.2, -0.15) is 4.73 Å². The van der Waals surface area contributed by atoms with Crippen LogP contribution in [0.1, 0.15) is 22.5 Å². The summed E-state index contributed by atoms with van der Waals surface area (Å²) in [5.41, 5.74) is 2.79. The minimum Gasteiger partial charge on any atom is -0.618 e. The second-order valence-electron chi connectivity index (χ2n) is 9.86. The van der Waals surface area contributed by atoms with E-state index in [1.54, 1.807) is 12.1 Å². The molecule has 39 heavy (non-hydrogen) atoms. The minimum absolute atomic E-state index is 0.123. The summed E-state index contributed by atoms with van der Waals surface area (Å²) in [5, 5.41) is 15.3. The van der Waals surface area contributed by atoms with Crippen LogP contribution in [-0.4, -0.2) is 0 Å². The Hall–Kier alpha value is -3.71. The summed E-state index contributed by atoms with van der Waals surface area (Å²) in [7, 11) is -6.03. The van der Waals surface area contributed by atoms with Gasteiger partial charge in [-0.1, -0.05) is 121 Å². The molecule has 5 aromatic rings. The molecule has 6 heteroatoms. The van der Waals surface area contributed by atoms with Crippen molar-refractivity contribution in [2.45, 2.75) is 24.6 Å². The van der Waals surface area contributed by atoms with E-state index in [9.17, 15) is 14.3 Å². The summed E-state index contributed by atoms with van der Waals surface area (Å²) in [6, 6.07) is 43.7. The molecule has 0 saturated heterocycles. The average Bonchev–Trinajstić information content (AvgIpc) is 2.97. The van der Waals surface area contributed by atoms with E-state index in [0.29, 0.717) is 23.7 Å². The van der Waals surface area contributed by atoms with Gasteiger partial charge >= 0.3 is 0 Å². The van der Waals surface area contributed by atoms with Gasteiger partial charge in [-0.25, -0.2) is 0 Å². The summed E-state index contributed by atoms with van der Waals surface area (Å²) in [6.45, 7) is 0. The summed E-state index contributed by atoms with van der Waals surface area (Å²) < 4.78 is 30.0. The molecule has 1 heterocycles. The molecular formula is C33H31NO3P2. The number of hydrogen-bond donors (Lipinski definition) is 0. The Balaban J connectivity index is 1.50. The first kappa shape index (κ1) is 26.9. The van der Waals surface area contributed by atoms with E-state index < -0.39 is 14.3 Å². The molecule has 4 nitrogen and oxygen atoms in total. The third-order valence-corrected chi connectivity index (χ3v) is 12.8. The van der Waals surface area contributed by atoms with Crippen molar-refractivity contribution in [1.82, 2.24) is 0 Å². The molecule has 0 aliphatic carbocycles. The van der Waals surface area contributed by atoms with Crippen molar-refractivity contribution in [2.75, 3.05) is 0 Å². The molecule has 0 aliphatic heterocycles. The zero-order chi connectivity index (χ0) is 27.1. The Labute approximate surface area is 230 Å². The normalized spacial score (nSPS) is 14.3. The van der Waals surface area contributed by atoms with Gasteiger partial charge in [0, 0.05) is 35.1 Å². The lowest BCUT2D eigenvalue weighted by Gasteiger charge is -2.21. The first-order valence-electron chi connectivity index (χ1n) is 13.0. The van der Waals surface area contributed by atoms with Crippen molar-refractivity contribution >= 4 is 24.9 Å². The van der Waals surface area contributed by atoms with E-state index in [1.165, 1.54) is 0 Å². The molecule has 1 aromatic heterocycles. The Morgan fingerprint density at radius 3 is 1.13 bits per heavy atom. The van der Waals surface area contributed by atoms with Crippen LogP contribution >= 0.6 is 14.3 Å². The lowest BCUT2D eigenvalue weighted by Crippen LogP contribution is -2.37. The molecular weight excluding hydrogens is 520 g/mol. The summed E-state index contributed by atoms with van der Waals surface area (Å²) in [6.07, 6.45) is 0.965. The van der Waals surface area contributed by atoms with Crippen molar-refractivity contribution in [3.63, 3.8) is 0 Å². The third kappa shape index (κ3) is 6.48. The molecule has 196 valence electrons. The first-order chi connectivity index (χ1) is 19.0. The fourth-order valence-corrected chi connectivity index (χ4v) is 10.5. The van der Waals surface area contributed by atoms with Gasteiger partial charge in [-0.3, -0.25) is 0 Å². The SMILES string of the molecule is O=[P@](Cc1ccccc1)(Cc1cccc(C[P@@](=O)(Cc2ccccc2)c2ccccc2)[n+]1[O-])c1ccccc1. The van der Waals surface area contributed by atoms with Gasteiger partial charge in [0.2, 0.25) is 11.4 Å². The number of hydrogen-bond acceptors (Lipinski definition) is 3. The monoisotopic (exact) mass is 551 g/mol. The fourth-order valence-electron chi connectivity index (χ4n) is 4.98. The maximum absolute atomic E-state index is 14.6. The van der Waals surface area contributed by atoms with Gasteiger partial charge in [0.15, 0.2) is 0 Å². The van der Waals surface area contributed by atoms with Crippen LogP contribution in [-0.2, 0) is 33.8 Å². The highest BCUT2D eigenvalue weighted by molar-refractivity contribution is 7.70. The molecule has 0 aliphatic rings. The van der Waals surface area contributed by atoms with E-state index in [-0.39, 0.29) is 12.3 Å². The minimum atomic E-state index is -3.02. The Morgan fingerprint density at radius 2 is 0.769 bits per heavy atom. The van der Waals surface area contributed by atoms with Crippen LogP contribution in [0.15, 0.2) is 140 Å². The summed E-state index contributed by atoms with van der Waals surface area (Å²) in [4.78, 5) is 0. The zero-order valence-corrected chi connectivity index (χ0v) is 23.5. The van der Waals surface area contributed by atoms with Crippen LogP contribution in [0.4, 0.5) is 0 Å². The van der Waals surface area contributed by atoms with Crippen LogP contribution in [0.2, 0.25) is 0 Å². The number of rotatable bonds is 10. The molecule has 4 aromatic carbocycles. The largest absolute Gasteiger partial charge is 0.618 e. The molecule has 0 unspecified atom stereocenters. The van der Waals surface area contributed by atoms with Crippen LogP contribution < -0.4 is 15.3 Å². The summed E-state index contributed by atoms with van der Waals surface area (Å²) >= 11 is 0. The van der Waals surface area contributed by atoms with E-state index in [0.717, 1.165) is 26.5 Å². The maximum atomic E-state index is 14.6. The molecule has 2 atom stereocenters. The second kappa shape index (κ2) is 12.0. The first-order valence-corrected chi connectivity index (χ1v) is 17.2. The third-order valence-electron chi connectivity index (χ3n) is 6.95. The van der Waals surface area contributed by atoms with Gasteiger partial charge in [-0.05, 0) is 17.2 Å². The molecule has 0 N–H and O–H groups in total. The molecule has 0 saturated carbocycles. The fraction of sp³-hybridized carbons (Fsp3) is 0.121. The highest BCUT2D eigenvalue weighted by Gasteiger charge is 2.32. The van der Waals surface area contributed by atoms with Crippen molar-refractivity contribution in [2.24, 2.45) is 0 Å². The topological polar surface area (TPSA) is 61.1 Å². The lowest BCUT2D eigenvalue weighted by molar-refractivity contribution is -0.620.